The van der Waals surface area contributed by atoms with E-state index >= 15 is 0 Å². The highest BCUT2D eigenvalue weighted by molar-refractivity contribution is 5.93. The molecule has 5 heteroatoms. The van der Waals surface area contributed by atoms with Gasteiger partial charge in [0.15, 0.2) is 0 Å². The summed E-state index contributed by atoms with van der Waals surface area (Å²) in [5, 5.41) is 3.10. The molecular weight excluding hydrogens is 288 g/mol. The minimum atomic E-state index is -0.139. The topological polar surface area (TPSA) is 58.1 Å². The second kappa shape index (κ2) is 8.39. The highest BCUT2D eigenvalue weighted by Crippen LogP contribution is 2.17. The number of rotatable bonds is 7. The molecule has 23 heavy (non-hydrogen) atoms. The predicted molar refractivity (Wildman–Crippen MR) is 91.2 cm³/mol. The van der Waals surface area contributed by atoms with Crippen molar-refractivity contribution in [2.75, 3.05) is 20.6 Å². The number of carbonyl (C=O) groups excluding carboxylic acids is 1. The molecule has 0 bridgehead atoms. The first-order valence-corrected chi connectivity index (χ1v) is 7.91. The van der Waals surface area contributed by atoms with E-state index in [1.54, 1.807) is 12.4 Å². The summed E-state index contributed by atoms with van der Waals surface area (Å²) in [6.07, 6.45) is 4.79. The average molecular weight is 312 g/mol. The van der Waals surface area contributed by atoms with Crippen LogP contribution in [0.2, 0.25) is 0 Å². The Kier molecular flexibility index (Phi) is 6.23. The minimum Gasteiger partial charge on any atom is -0.345 e. The number of hydrogen-bond acceptors (Lipinski definition) is 4. The summed E-state index contributed by atoms with van der Waals surface area (Å²) in [7, 11) is 4.06. The van der Waals surface area contributed by atoms with E-state index in [1.165, 1.54) is 0 Å². The maximum absolute atomic E-state index is 12.5. The van der Waals surface area contributed by atoms with Crippen LogP contribution in [0.5, 0.6) is 0 Å². The van der Waals surface area contributed by atoms with Gasteiger partial charge in [-0.3, -0.25) is 4.79 Å². The molecule has 2 aromatic rings. The number of aromatic nitrogens is 2. The van der Waals surface area contributed by atoms with Crippen molar-refractivity contribution in [2.45, 2.75) is 25.8 Å². The van der Waals surface area contributed by atoms with Gasteiger partial charge < -0.3 is 10.2 Å². The number of amides is 1. The molecular formula is C18H24N4O. The van der Waals surface area contributed by atoms with Crippen LogP contribution in [-0.4, -0.2) is 41.4 Å². The fourth-order valence-electron chi connectivity index (χ4n) is 2.29. The Balaban J connectivity index is 2.10. The molecule has 0 aliphatic rings. The molecule has 1 amide bonds. The lowest BCUT2D eigenvalue weighted by molar-refractivity contribution is 0.0932. The Morgan fingerprint density at radius 1 is 1.17 bits per heavy atom. The van der Waals surface area contributed by atoms with Crippen LogP contribution in [0, 0.1) is 0 Å². The first kappa shape index (κ1) is 17.1. The van der Waals surface area contributed by atoms with Crippen LogP contribution >= 0.6 is 0 Å². The van der Waals surface area contributed by atoms with E-state index in [-0.39, 0.29) is 11.9 Å². The lowest BCUT2D eigenvalue weighted by Gasteiger charge is -2.21. The van der Waals surface area contributed by atoms with E-state index in [0.717, 1.165) is 30.8 Å². The molecule has 1 N–H and O–H groups in total. The normalized spacial score (nSPS) is 12.2. The average Bonchev–Trinajstić information content (AvgIpc) is 2.59. The molecule has 1 heterocycles. The van der Waals surface area contributed by atoms with Gasteiger partial charge in [0.2, 0.25) is 0 Å². The fourth-order valence-corrected chi connectivity index (χ4v) is 2.29. The molecule has 122 valence electrons. The number of hydrogen-bond donors (Lipinski definition) is 1. The lowest BCUT2D eigenvalue weighted by Crippen LogP contribution is -2.31. The van der Waals surface area contributed by atoms with E-state index in [0.29, 0.717) is 5.56 Å². The molecule has 0 fully saturated rings. The molecule has 1 aromatic carbocycles. The van der Waals surface area contributed by atoms with Crippen LogP contribution < -0.4 is 5.32 Å². The van der Waals surface area contributed by atoms with Gasteiger partial charge in [0.25, 0.3) is 5.91 Å². The van der Waals surface area contributed by atoms with Gasteiger partial charge in [-0.15, -0.1) is 0 Å². The molecule has 5 nitrogen and oxygen atoms in total. The van der Waals surface area contributed by atoms with Gasteiger partial charge in [-0.05, 0) is 32.6 Å². The summed E-state index contributed by atoms with van der Waals surface area (Å²) >= 11 is 0. The maximum atomic E-state index is 12.5. The zero-order chi connectivity index (χ0) is 16.7. The highest BCUT2D eigenvalue weighted by Gasteiger charge is 2.16. The molecule has 0 saturated carbocycles. The molecule has 1 atom stereocenters. The Labute approximate surface area is 137 Å². The highest BCUT2D eigenvalue weighted by atomic mass is 16.1. The van der Waals surface area contributed by atoms with E-state index in [1.807, 2.05) is 51.4 Å². The Morgan fingerprint density at radius 2 is 1.83 bits per heavy atom. The van der Waals surface area contributed by atoms with Gasteiger partial charge in [0, 0.05) is 18.8 Å². The fraction of sp³-hybridized carbons (Fsp3) is 0.389. The van der Waals surface area contributed by atoms with Crippen molar-refractivity contribution in [3.8, 4) is 0 Å². The Hall–Kier alpha value is -2.27. The second-order valence-corrected chi connectivity index (χ2v) is 5.77. The molecule has 1 aromatic heterocycles. The number of benzene rings is 1. The Morgan fingerprint density at radius 3 is 2.39 bits per heavy atom. The first-order chi connectivity index (χ1) is 11.1. The summed E-state index contributed by atoms with van der Waals surface area (Å²) in [6, 6.07) is 10.0. The van der Waals surface area contributed by atoms with Crippen LogP contribution in [0.1, 0.15) is 41.1 Å². The standard InChI is InChI=1S/C18H24N4O/c1-4-17-19-12-15(13-20-17)18(23)21-16(10-11-22(2)3)14-8-6-5-7-9-14/h5-9,12-13,16H,4,10-11H2,1-3H3,(H,21,23). The summed E-state index contributed by atoms with van der Waals surface area (Å²) in [5.41, 5.74) is 1.60. The third-order valence-electron chi connectivity index (χ3n) is 3.66. The molecule has 2 rings (SSSR count). The van der Waals surface area contributed by atoms with E-state index in [4.69, 9.17) is 0 Å². The van der Waals surface area contributed by atoms with E-state index in [2.05, 4.69) is 20.2 Å². The second-order valence-electron chi connectivity index (χ2n) is 5.77. The SMILES string of the molecule is CCc1ncc(C(=O)NC(CCN(C)C)c2ccccc2)cn1. The lowest BCUT2D eigenvalue weighted by atomic mass is 10.0. The first-order valence-electron chi connectivity index (χ1n) is 7.91. The van der Waals surface area contributed by atoms with Gasteiger partial charge in [-0.2, -0.15) is 0 Å². The molecule has 0 aliphatic carbocycles. The quantitative estimate of drug-likeness (QED) is 0.853. The number of nitrogens with zero attached hydrogens (tertiary/aromatic N) is 3. The smallest absolute Gasteiger partial charge is 0.254 e. The van der Waals surface area contributed by atoms with Crippen molar-refractivity contribution < 1.29 is 4.79 Å². The minimum absolute atomic E-state index is 0.0306. The van der Waals surface area contributed by atoms with Gasteiger partial charge in [-0.25, -0.2) is 9.97 Å². The number of nitrogens with one attached hydrogen (secondary N) is 1. The van der Waals surface area contributed by atoms with Gasteiger partial charge in [0.1, 0.15) is 5.82 Å². The van der Waals surface area contributed by atoms with E-state index in [9.17, 15) is 4.79 Å². The van der Waals surface area contributed by atoms with Gasteiger partial charge in [0.05, 0.1) is 11.6 Å². The third-order valence-corrected chi connectivity index (χ3v) is 3.66. The number of carbonyl (C=O) groups is 1. The summed E-state index contributed by atoms with van der Waals surface area (Å²) < 4.78 is 0. The van der Waals surface area contributed by atoms with Gasteiger partial charge >= 0.3 is 0 Å². The van der Waals surface area contributed by atoms with Crippen molar-refractivity contribution in [3.05, 3.63) is 59.7 Å². The molecule has 0 spiro atoms. The summed E-state index contributed by atoms with van der Waals surface area (Å²) in [6.45, 7) is 2.88. The maximum Gasteiger partial charge on any atom is 0.254 e. The summed E-state index contributed by atoms with van der Waals surface area (Å²) in [5.74, 6) is 0.606. The monoisotopic (exact) mass is 312 g/mol. The molecule has 0 saturated heterocycles. The van der Waals surface area contributed by atoms with Gasteiger partial charge in [-0.1, -0.05) is 37.3 Å². The van der Waals surface area contributed by atoms with Crippen LogP contribution in [0.15, 0.2) is 42.7 Å². The van der Waals surface area contributed by atoms with Crippen molar-refractivity contribution in [1.29, 1.82) is 0 Å². The summed E-state index contributed by atoms with van der Waals surface area (Å²) in [4.78, 5) is 23.0. The molecule has 1 unspecified atom stereocenters. The zero-order valence-electron chi connectivity index (χ0n) is 14.0. The Bertz CT molecular complexity index is 611. The third kappa shape index (κ3) is 5.14. The van der Waals surface area contributed by atoms with Crippen molar-refractivity contribution in [3.63, 3.8) is 0 Å². The van der Waals surface area contributed by atoms with Crippen LogP contribution in [0.3, 0.4) is 0 Å². The van der Waals surface area contributed by atoms with Crippen molar-refractivity contribution >= 4 is 5.91 Å². The van der Waals surface area contributed by atoms with Crippen LogP contribution in [0.4, 0.5) is 0 Å². The molecule has 0 aliphatic heterocycles. The van der Waals surface area contributed by atoms with E-state index < -0.39 is 0 Å². The number of aryl methyl sites for hydroxylation is 1. The largest absolute Gasteiger partial charge is 0.345 e. The van der Waals surface area contributed by atoms with Crippen molar-refractivity contribution in [2.24, 2.45) is 0 Å². The van der Waals surface area contributed by atoms with Crippen LogP contribution in [0.25, 0.3) is 0 Å². The zero-order valence-corrected chi connectivity index (χ0v) is 14.0. The predicted octanol–water partition coefficient (Wildman–Crippen LogP) is 2.46. The molecule has 0 radical (unpaired) electrons. The van der Waals surface area contributed by atoms with Crippen molar-refractivity contribution in [1.82, 2.24) is 20.2 Å². The van der Waals surface area contributed by atoms with Crippen LogP contribution in [-0.2, 0) is 6.42 Å².